The van der Waals surface area contributed by atoms with Gasteiger partial charge in [-0.25, -0.2) is 4.98 Å². The van der Waals surface area contributed by atoms with E-state index in [1.807, 2.05) is 50.2 Å². The number of nitriles is 1. The van der Waals surface area contributed by atoms with Crippen LogP contribution in [0.4, 0.5) is 5.69 Å². The van der Waals surface area contributed by atoms with Crippen molar-refractivity contribution in [1.82, 2.24) is 9.97 Å². The minimum absolute atomic E-state index is 0.187. The standard InChI is InChI=1S/C27H23BrN4O3/c1-16-10-20(28)23(11-17(16)2)30-26(33)15-35-24-9-8-18(13-25(24)34-3)12-19(14-29)27-31-21-6-4-5-7-22(21)32-27/h4-13H,15H2,1-3H3,(H,30,33)(H,31,32)/b19-12-. The Morgan fingerprint density at radius 2 is 1.91 bits per heavy atom. The van der Waals surface area contributed by atoms with Crippen LogP contribution in [0.1, 0.15) is 22.5 Å². The molecule has 35 heavy (non-hydrogen) atoms. The first-order valence-corrected chi connectivity index (χ1v) is 11.6. The normalized spacial score (nSPS) is 11.2. The third-order valence-electron chi connectivity index (χ3n) is 5.48. The second-order valence-electron chi connectivity index (χ2n) is 7.94. The van der Waals surface area contributed by atoms with Gasteiger partial charge >= 0.3 is 0 Å². The van der Waals surface area contributed by atoms with E-state index in [0.29, 0.717) is 28.6 Å². The third kappa shape index (κ3) is 5.53. The summed E-state index contributed by atoms with van der Waals surface area (Å²) in [5, 5.41) is 12.5. The van der Waals surface area contributed by atoms with Crippen LogP contribution in [-0.2, 0) is 4.79 Å². The number of aromatic nitrogens is 2. The minimum Gasteiger partial charge on any atom is -0.493 e. The summed E-state index contributed by atoms with van der Waals surface area (Å²) in [7, 11) is 1.52. The number of aromatic amines is 1. The highest BCUT2D eigenvalue weighted by Crippen LogP contribution is 2.30. The van der Waals surface area contributed by atoms with E-state index in [0.717, 1.165) is 32.2 Å². The molecule has 7 nitrogen and oxygen atoms in total. The van der Waals surface area contributed by atoms with Gasteiger partial charge in [0.1, 0.15) is 11.9 Å². The summed E-state index contributed by atoms with van der Waals surface area (Å²) in [6.45, 7) is 3.81. The van der Waals surface area contributed by atoms with Crippen molar-refractivity contribution in [3.8, 4) is 17.6 Å². The van der Waals surface area contributed by atoms with Crippen LogP contribution in [0, 0.1) is 25.2 Å². The van der Waals surface area contributed by atoms with Gasteiger partial charge in [-0.1, -0.05) is 18.2 Å². The monoisotopic (exact) mass is 530 g/mol. The predicted molar refractivity (Wildman–Crippen MR) is 140 cm³/mol. The van der Waals surface area contributed by atoms with E-state index < -0.39 is 0 Å². The third-order valence-corrected chi connectivity index (χ3v) is 6.14. The Balaban J connectivity index is 1.48. The van der Waals surface area contributed by atoms with Crippen molar-refractivity contribution in [3.05, 3.63) is 81.6 Å². The molecule has 0 bridgehead atoms. The molecule has 0 aliphatic carbocycles. The molecule has 4 aromatic rings. The molecule has 1 heterocycles. The zero-order valence-electron chi connectivity index (χ0n) is 19.5. The maximum Gasteiger partial charge on any atom is 0.262 e. The van der Waals surface area contributed by atoms with E-state index in [9.17, 15) is 10.1 Å². The highest BCUT2D eigenvalue weighted by molar-refractivity contribution is 9.10. The number of aryl methyl sites for hydroxylation is 2. The minimum atomic E-state index is -0.295. The number of hydrogen-bond donors (Lipinski definition) is 2. The molecular weight excluding hydrogens is 508 g/mol. The Hall–Kier alpha value is -4.09. The van der Waals surface area contributed by atoms with Crippen LogP contribution < -0.4 is 14.8 Å². The maximum absolute atomic E-state index is 12.5. The number of halogens is 1. The molecule has 4 rings (SSSR count). The van der Waals surface area contributed by atoms with Crippen molar-refractivity contribution in [2.24, 2.45) is 0 Å². The van der Waals surface area contributed by atoms with Crippen molar-refractivity contribution >= 4 is 50.2 Å². The number of para-hydroxylation sites is 2. The quantitative estimate of drug-likeness (QED) is 0.284. The summed E-state index contributed by atoms with van der Waals surface area (Å²) < 4.78 is 12.0. The molecule has 0 radical (unpaired) electrons. The molecule has 2 N–H and O–H groups in total. The van der Waals surface area contributed by atoms with Crippen molar-refractivity contribution in [3.63, 3.8) is 0 Å². The van der Waals surface area contributed by atoms with E-state index in [-0.39, 0.29) is 12.5 Å². The van der Waals surface area contributed by atoms with E-state index in [4.69, 9.17) is 9.47 Å². The van der Waals surface area contributed by atoms with Crippen LogP contribution in [-0.4, -0.2) is 29.6 Å². The molecule has 8 heteroatoms. The number of H-pyrrole nitrogens is 1. The Morgan fingerprint density at radius 1 is 1.14 bits per heavy atom. The molecule has 1 aromatic heterocycles. The Kier molecular flexibility index (Phi) is 7.18. The summed E-state index contributed by atoms with van der Waals surface area (Å²) in [6, 6.07) is 18.9. The molecule has 0 fully saturated rings. The number of rotatable bonds is 7. The molecule has 1 amide bonds. The van der Waals surface area contributed by atoms with Gasteiger partial charge in [0, 0.05) is 4.47 Å². The summed E-state index contributed by atoms with van der Waals surface area (Å²) in [5.41, 5.74) is 5.65. The van der Waals surface area contributed by atoms with E-state index in [2.05, 4.69) is 37.3 Å². The zero-order chi connectivity index (χ0) is 24.9. The lowest BCUT2D eigenvalue weighted by atomic mass is 10.1. The van der Waals surface area contributed by atoms with Gasteiger partial charge in [-0.15, -0.1) is 0 Å². The molecule has 0 aliphatic heterocycles. The molecule has 0 unspecified atom stereocenters. The van der Waals surface area contributed by atoms with Gasteiger partial charge in [-0.05, 0) is 88.9 Å². The largest absolute Gasteiger partial charge is 0.493 e. The van der Waals surface area contributed by atoms with Gasteiger partial charge in [-0.2, -0.15) is 5.26 Å². The lowest BCUT2D eigenvalue weighted by Gasteiger charge is -2.13. The number of imidazole rings is 1. The number of anilines is 1. The van der Waals surface area contributed by atoms with E-state index >= 15 is 0 Å². The first-order valence-electron chi connectivity index (χ1n) is 10.8. The number of amides is 1. The fourth-order valence-corrected chi connectivity index (χ4v) is 4.06. The Morgan fingerprint density at radius 3 is 2.66 bits per heavy atom. The number of nitrogens with one attached hydrogen (secondary N) is 2. The second-order valence-corrected chi connectivity index (χ2v) is 8.79. The molecule has 0 aliphatic rings. The van der Waals surface area contributed by atoms with Gasteiger partial charge in [0.2, 0.25) is 0 Å². The number of ether oxygens (including phenoxy) is 2. The van der Waals surface area contributed by atoms with Crippen LogP contribution >= 0.6 is 15.9 Å². The first-order chi connectivity index (χ1) is 16.9. The van der Waals surface area contributed by atoms with Gasteiger partial charge < -0.3 is 19.8 Å². The summed E-state index contributed by atoms with van der Waals surface area (Å²) in [4.78, 5) is 20.1. The highest BCUT2D eigenvalue weighted by atomic mass is 79.9. The van der Waals surface area contributed by atoms with Crippen molar-refractivity contribution in [2.75, 3.05) is 19.0 Å². The van der Waals surface area contributed by atoms with Crippen LogP contribution in [0.5, 0.6) is 11.5 Å². The van der Waals surface area contributed by atoms with Gasteiger partial charge in [0.15, 0.2) is 18.1 Å². The van der Waals surface area contributed by atoms with Crippen molar-refractivity contribution < 1.29 is 14.3 Å². The van der Waals surface area contributed by atoms with E-state index in [1.54, 1.807) is 24.3 Å². The number of methoxy groups -OCH3 is 1. The first kappa shape index (κ1) is 24.0. The predicted octanol–water partition coefficient (Wildman–Crippen LogP) is 6.03. The molecular formula is C27H23BrN4O3. The van der Waals surface area contributed by atoms with Crippen LogP contribution in [0.15, 0.2) is 59.1 Å². The lowest BCUT2D eigenvalue weighted by Crippen LogP contribution is -2.20. The zero-order valence-corrected chi connectivity index (χ0v) is 21.1. The average molecular weight is 531 g/mol. The number of benzene rings is 3. The second kappa shape index (κ2) is 10.5. The summed E-state index contributed by atoms with van der Waals surface area (Å²) in [5.74, 6) is 1.06. The van der Waals surface area contributed by atoms with Crippen LogP contribution in [0.2, 0.25) is 0 Å². The smallest absolute Gasteiger partial charge is 0.262 e. The molecule has 0 spiro atoms. The molecule has 0 saturated heterocycles. The lowest BCUT2D eigenvalue weighted by molar-refractivity contribution is -0.118. The molecule has 176 valence electrons. The number of carbonyl (C=O) groups is 1. The highest BCUT2D eigenvalue weighted by Gasteiger charge is 2.12. The SMILES string of the molecule is COc1cc(/C=C(/C#N)c2nc3ccccc3[nH]2)ccc1OCC(=O)Nc1cc(C)c(C)cc1Br. The van der Waals surface area contributed by atoms with Gasteiger partial charge in [0.25, 0.3) is 5.91 Å². The number of hydrogen-bond acceptors (Lipinski definition) is 5. The topological polar surface area (TPSA) is 100 Å². The Labute approximate surface area is 211 Å². The van der Waals surface area contributed by atoms with Crippen LogP contribution in [0.25, 0.3) is 22.7 Å². The Bertz CT molecular complexity index is 1450. The van der Waals surface area contributed by atoms with Gasteiger partial charge in [-0.3, -0.25) is 4.79 Å². The van der Waals surface area contributed by atoms with Crippen molar-refractivity contribution in [1.29, 1.82) is 5.26 Å². The van der Waals surface area contributed by atoms with Crippen LogP contribution in [0.3, 0.4) is 0 Å². The fourth-order valence-electron chi connectivity index (χ4n) is 3.50. The number of carbonyl (C=O) groups excluding carboxylic acids is 1. The summed E-state index contributed by atoms with van der Waals surface area (Å²) in [6.07, 6.45) is 1.72. The van der Waals surface area contributed by atoms with Crippen molar-refractivity contribution in [2.45, 2.75) is 13.8 Å². The molecule has 0 saturated carbocycles. The number of fused-ring (bicyclic) bond motifs is 1. The maximum atomic E-state index is 12.5. The molecule has 3 aromatic carbocycles. The average Bonchev–Trinajstić information content (AvgIpc) is 3.29. The fraction of sp³-hybridized carbons (Fsp3) is 0.148. The number of allylic oxidation sites excluding steroid dienone is 1. The van der Waals surface area contributed by atoms with Gasteiger partial charge in [0.05, 0.1) is 29.4 Å². The number of nitrogens with zero attached hydrogens (tertiary/aromatic N) is 2. The summed E-state index contributed by atoms with van der Waals surface area (Å²) >= 11 is 3.48. The van der Waals surface area contributed by atoms with E-state index in [1.165, 1.54) is 7.11 Å². The molecule has 0 atom stereocenters.